The summed E-state index contributed by atoms with van der Waals surface area (Å²) in [5.74, 6) is -0.0345. The summed E-state index contributed by atoms with van der Waals surface area (Å²) in [6.07, 6.45) is 5.73. The van der Waals surface area contributed by atoms with Crippen molar-refractivity contribution in [3.63, 3.8) is 0 Å². The van der Waals surface area contributed by atoms with Gasteiger partial charge in [-0.3, -0.25) is 4.79 Å². The molecule has 1 N–H and O–H groups in total. The van der Waals surface area contributed by atoms with Crippen LogP contribution in [0.25, 0.3) is 0 Å². The van der Waals surface area contributed by atoms with Gasteiger partial charge in [-0.25, -0.2) is 4.99 Å². The van der Waals surface area contributed by atoms with Crippen LogP contribution >= 0.6 is 35.0 Å². The van der Waals surface area contributed by atoms with Crippen LogP contribution in [-0.4, -0.2) is 17.7 Å². The van der Waals surface area contributed by atoms with Gasteiger partial charge in [0.2, 0.25) is 0 Å². The van der Waals surface area contributed by atoms with Crippen LogP contribution in [0.3, 0.4) is 0 Å². The van der Waals surface area contributed by atoms with Gasteiger partial charge in [0.15, 0.2) is 0 Å². The average molecular weight is 481 g/mol. The molecule has 32 heavy (non-hydrogen) atoms. The maximum absolute atomic E-state index is 12.9. The first-order chi connectivity index (χ1) is 15.6. The van der Waals surface area contributed by atoms with Crippen molar-refractivity contribution >= 4 is 52.3 Å². The number of halogens is 2. The average Bonchev–Trinajstić information content (AvgIpc) is 2.96. The van der Waals surface area contributed by atoms with Crippen molar-refractivity contribution in [3.05, 3.63) is 87.4 Å². The second-order valence-electron chi connectivity index (χ2n) is 8.17. The smallest absolute Gasteiger partial charge is 0.251 e. The van der Waals surface area contributed by atoms with Gasteiger partial charge < -0.3 is 5.32 Å². The highest BCUT2D eigenvalue weighted by molar-refractivity contribution is 7.99. The van der Waals surface area contributed by atoms with E-state index in [1.54, 1.807) is 17.8 Å². The summed E-state index contributed by atoms with van der Waals surface area (Å²) < 4.78 is 0. The number of benzene rings is 3. The quantitative estimate of drug-likeness (QED) is 0.326. The molecule has 1 fully saturated rings. The van der Waals surface area contributed by atoms with Crippen molar-refractivity contribution in [2.75, 3.05) is 0 Å². The minimum Gasteiger partial charge on any atom is -0.349 e. The molecule has 0 saturated heterocycles. The summed E-state index contributed by atoms with van der Waals surface area (Å²) in [5.41, 5.74) is 3.99. The van der Waals surface area contributed by atoms with Crippen molar-refractivity contribution in [3.8, 4) is 0 Å². The van der Waals surface area contributed by atoms with Gasteiger partial charge in [-0.1, -0.05) is 72.4 Å². The van der Waals surface area contributed by atoms with Crippen LogP contribution in [0, 0.1) is 0 Å². The van der Waals surface area contributed by atoms with Crippen molar-refractivity contribution in [1.29, 1.82) is 0 Å². The van der Waals surface area contributed by atoms with Crippen LogP contribution in [0.2, 0.25) is 10.0 Å². The lowest BCUT2D eigenvalue weighted by molar-refractivity contribution is 0.0927. The summed E-state index contributed by atoms with van der Waals surface area (Å²) in [6, 6.07) is 19.6. The zero-order valence-corrected chi connectivity index (χ0v) is 19.7. The van der Waals surface area contributed by atoms with E-state index in [-0.39, 0.29) is 11.9 Å². The maximum Gasteiger partial charge on any atom is 0.251 e. The summed E-state index contributed by atoms with van der Waals surface area (Å²) in [5, 5.41) is 4.33. The predicted molar refractivity (Wildman–Crippen MR) is 133 cm³/mol. The van der Waals surface area contributed by atoms with E-state index in [0.29, 0.717) is 15.6 Å². The van der Waals surface area contributed by atoms with Crippen molar-refractivity contribution in [2.24, 2.45) is 4.99 Å². The predicted octanol–water partition coefficient (Wildman–Crippen LogP) is 7.69. The number of aliphatic imine (C=N–C) groups is 1. The number of hydrogen-bond donors (Lipinski definition) is 1. The number of carbonyl (C=O) groups is 1. The zero-order valence-electron chi connectivity index (χ0n) is 17.4. The molecule has 5 rings (SSSR count). The molecule has 3 nitrogen and oxygen atoms in total. The molecule has 0 aromatic heterocycles. The van der Waals surface area contributed by atoms with E-state index in [0.717, 1.165) is 45.2 Å². The first-order valence-electron chi connectivity index (χ1n) is 10.8. The Balaban J connectivity index is 1.56. The largest absolute Gasteiger partial charge is 0.349 e. The zero-order chi connectivity index (χ0) is 22.1. The molecule has 0 radical (unpaired) electrons. The first kappa shape index (κ1) is 21.6. The second-order valence-corrected chi connectivity index (χ2v) is 10.1. The minimum absolute atomic E-state index is 0.0345. The van der Waals surface area contributed by atoms with Gasteiger partial charge >= 0.3 is 0 Å². The van der Waals surface area contributed by atoms with E-state index < -0.39 is 0 Å². The highest BCUT2D eigenvalue weighted by atomic mass is 35.5. The number of nitrogens with zero attached hydrogens (tertiary/aromatic N) is 1. The fraction of sp³-hybridized carbons (Fsp3) is 0.231. The summed E-state index contributed by atoms with van der Waals surface area (Å²) in [6.45, 7) is 0. The number of fused-ring (bicyclic) bond motifs is 2. The lowest BCUT2D eigenvalue weighted by Gasteiger charge is -2.22. The fourth-order valence-corrected chi connectivity index (χ4v) is 5.79. The third kappa shape index (κ3) is 4.45. The highest BCUT2D eigenvalue weighted by Gasteiger charge is 2.22. The molecular formula is C26H22Cl2N2OS. The van der Waals surface area contributed by atoms with Gasteiger partial charge in [-0.2, -0.15) is 0 Å². The van der Waals surface area contributed by atoms with Crippen LogP contribution in [-0.2, 0) is 0 Å². The topological polar surface area (TPSA) is 41.5 Å². The molecule has 0 bridgehead atoms. The number of rotatable bonds is 3. The normalized spacial score (nSPS) is 15.9. The van der Waals surface area contributed by atoms with Gasteiger partial charge in [0.1, 0.15) is 0 Å². The molecule has 2 aliphatic rings. The molecule has 0 atom stereocenters. The molecule has 1 heterocycles. The Morgan fingerprint density at radius 2 is 1.72 bits per heavy atom. The number of carbonyl (C=O) groups excluding carboxylic acids is 1. The monoisotopic (exact) mass is 480 g/mol. The molecule has 0 unspecified atom stereocenters. The molecule has 3 aromatic rings. The third-order valence-corrected chi connectivity index (χ3v) is 7.63. The van der Waals surface area contributed by atoms with E-state index in [1.807, 2.05) is 42.5 Å². The van der Waals surface area contributed by atoms with Gasteiger partial charge in [0.05, 0.1) is 16.4 Å². The number of nitrogens with one attached hydrogen (secondary N) is 1. The minimum atomic E-state index is -0.0345. The molecule has 0 spiro atoms. The Labute approximate surface area is 202 Å². The lowest BCUT2D eigenvalue weighted by atomic mass is 9.95. The molecule has 6 heteroatoms. The Hall–Kier alpha value is -2.27. The van der Waals surface area contributed by atoms with Gasteiger partial charge in [0, 0.05) is 37.5 Å². The molecule has 162 valence electrons. The number of hydrogen-bond acceptors (Lipinski definition) is 3. The van der Waals surface area contributed by atoms with E-state index in [9.17, 15) is 4.79 Å². The van der Waals surface area contributed by atoms with E-state index >= 15 is 0 Å². The van der Waals surface area contributed by atoms with E-state index in [2.05, 4.69) is 17.4 Å². The summed E-state index contributed by atoms with van der Waals surface area (Å²) in [4.78, 5) is 20.1. The third-order valence-electron chi connectivity index (χ3n) is 5.94. The van der Waals surface area contributed by atoms with Crippen molar-refractivity contribution < 1.29 is 4.79 Å². The first-order valence-corrected chi connectivity index (χ1v) is 12.4. The SMILES string of the molecule is O=C(NC1CCCCC1)c1ccc2c(c1)N=C(c1ccc(Cl)cc1Cl)c1ccccc1S2. The molecule has 1 amide bonds. The highest BCUT2D eigenvalue weighted by Crippen LogP contribution is 2.42. The molecule has 3 aromatic carbocycles. The number of amides is 1. The molecule has 1 saturated carbocycles. The van der Waals surface area contributed by atoms with Crippen LogP contribution in [0.1, 0.15) is 53.6 Å². The van der Waals surface area contributed by atoms with Crippen molar-refractivity contribution in [1.82, 2.24) is 5.32 Å². The molecule has 1 aliphatic heterocycles. The second kappa shape index (κ2) is 9.30. The van der Waals surface area contributed by atoms with Crippen LogP contribution in [0.5, 0.6) is 0 Å². The lowest BCUT2D eigenvalue weighted by Crippen LogP contribution is -2.36. The van der Waals surface area contributed by atoms with Crippen molar-refractivity contribution in [2.45, 2.75) is 47.9 Å². The molecule has 1 aliphatic carbocycles. The standard InChI is InChI=1S/C26H22Cl2N2OS/c27-17-11-12-19(21(28)15-17)25-20-8-4-5-9-23(20)32-24-13-10-16(14-22(24)30-25)26(31)29-18-6-2-1-3-7-18/h4-5,8-15,18H,1-3,6-7H2,(H,29,31). The van der Waals surface area contributed by atoms with Crippen LogP contribution in [0.15, 0.2) is 75.4 Å². The van der Waals surface area contributed by atoms with Gasteiger partial charge in [-0.15, -0.1) is 0 Å². The van der Waals surface area contributed by atoms with Gasteiger partial charge in [0.25, 0.3) is 5.91 Å². The summed E-state index contributed by atoms with van der Waals surface area (Å²) >= 11 is 14.3. The van der Waals surface area contributed by atoms with Gasteiger partial charge in [-0.05, 0) is 55.3 Å². The maximum atomic E-state index is 12.9. The fourth-order valence-electron chi connectivity index (χ4n) is 4.29. The Kier molecular flexibility index (Phi) is 6.27. The molecular weight excluding hydrogens is 459 g/mol. The van der Waals surface area contributed by atoms with E-state index in [4.69, 9.17) is 28.2 Å². The van der Waals surface area contributed by atoms with Crippen LogP contribution in [0.4, 0.5) is 5.69 Å². The van der Waals surface area contributed by atoms with Crippen LogP contribution < -0.4 is 5.32 Å². The Morgan fingerprint density at radius 3 is 2.53 bits per heavy atom. The Bertz CT molecular complexity index is 1220. The van der Waals surface area contributed by atoms with E-state index in [1.165, 1.54) is 19.3 Å². The summed E-state index contributed by atoms with van der Waals surface area (Å²) in [7, 11) is 0. The Morgan fingerprint density at radius 1 is 0.906 bits per heavy atom.